The predicted molar refractivity (Wildman–Crippen MR) is 156 cm³/mol. The molecule has 1 aromatic heterocycles. The second-order valence-electron chi connectivity index (χ2n) is 11.4. The van der Waals surface area contributed by atoms with Crippen molar-refractivity contribution in [3.63, 3.8) is 0 Å². The third-order valence-electron chi connectivity index (χ3n) is 8.90. The molecule has 3 aliphatic heterocycles. The number of phenols is 1. The lowest BCUT2D eigenvalue weighted by molar-refractivity contribution is 0.107. The highest BCUT2D eigenvalue weighted by molar-refractivity contribution is 6.04. The van der Waals surface area contributed by atoms with Crippen LogP contribution in [-0.4, -0.2) is 77.6 Å². The Hall–Kier alpha value is -4.07. The van der Waals surface area contributed by atoms with E-state index in [1.165, 1.54) is 24.3 Å². The van der Waals surface area contributed by atoms with Crippen LogP contribution < -0.4 is 15.0 Å². The molecule has 2 atom stereocenters. The van der Waals surface area contributed by atoms with Crippen LogP contribution in [0.15, 0.2) is 36.4 Å². The van der Waals surface area contributed by atoms with Gasteiger partial charge in [-0.3, -0.25) is 4.90 Å². The van der Waals surface area contributed by atoms with Gasteiger partial charge in [0.15, 0.2) is 5.82 Å². The van der Waals surface area contributed by atoms with E-state index >= 15 is 4.39 Å². The van der Waals surface area contributed by atoms with Gasteiger partial charge in [0.05, 0.1) is 11.1 Å². The number of halogens is 3. The Morgan fingerprint density at radius 1 is 1.10 bits per heavy atom. The Kier molecular flexibility index (Phi) is 6.59. The molecule has 0 spiro atoms. The van der Waals surface area contributed by atoms with Crippen LogP contribution in [0.2, 0.25) is 0 Å². The van der Waals surface area contributed by atoms with Gasteiger partial charge >= 0.3 is 6.01 Å². The summed E-state index contributed by atoms with van der Waals surface area (Å²) in [4.78, 5) is 13.5. The summed E-state index contributed by atoms with van der Waals surface area (Å²) in [5.41, 5.74) is -0.0287. The zero-order valence-electron chi connectivity index (χ0n) is 23.0. The van der Waals surface area contributed by atoms with Crippen LogP contribution in [-0.2, 0) is 0 Å². The highest BCUT2D eigenvalue weighted by Crippen LogP contribution is 2.42. The van der Waals surface area contributed by atoms with Gasteiger partial charge < -0.3 is 20.1 Å². The molecule has 3 aliphatic rings. The lowest BCUT2D eigenvalue weighted by atomic mass is 9.93. The van der Waals surface area contributed by atoms with Crippen molar-refractivity contribution in [1.29, 1.82) is 0 Å². The van der Waals surface area contributed by atoms with Crippen molar-refractivity contribution in [3.8, 4) is 35.2 Å². The van der Waals surface area contributed by atoms with Crippen LogP contribution in [0.3, 0.4) is 0 Å². The average molecular weight is 574 g/mol. The third kappa shape index (κ3) is 4.39. The van der Waals surface area contributed by atoms with E-state index in [2.05, 4.69) is 26.0 Å². The fourth-order valence-electron chi connectivity index (χ4n) is 6.94. The number of nitrogens with zero attached hydrogens (tertiary/aromatic N) is 4. The molecule has 7 nitrogen and oxygen atoms in total. The molecular weight excluding hydrogens is 543 g/mol. The summed E-state index contributed by atoms with van der Waals surface area (Å²) in [6.45, 7) is 4.25. The minimum Gasteiger partial charge on any atom is -0.508 e. The van der Waals surface area contributed by atoms with E-state index in [0.29, 0.717) is 48.0 Å². The first-order chi connectivity index (χ1) is 20.4. The molecule has 216 valence electrons. The molecule has 42 heavy (non-hydrogen) atoms. The first-order valence-corrected chi connectivity index (χ1v) is 14.3. The molecule has 4 aromatic rings. The Balaban J connectivity index is 1.38. The van der Waals surface area contributed by atoms with Crippen LogP contribution in [0.25, 0.3) is 32.8 Å². The average Bonchev–Trinajstić information content (AvgIpc) is 3.52. The van der Waals surface area contributed by atoms with Crippen molar-refractivity contribution >= 4 is 27.5 Å². The van der Waals surface area contributed by atoms with E-state index in [-0.39, 0.29) is 40.6 Å². The van der Waals surface area contributed by atoms with E-state index in [9.17, 15) is 13.9 Å². The predicted octanol–water partition coefficient (Wildman–Crippen LogP) is 4.78. The lowest BCUT2D eigenvalue weighted by Crippen LogP contribution is -2.44. The highest BCUT2D eigenvalue weighted by Gasteiger charge is 2.49. The number of benzene rings is 3. The molecule has 0 saturated carbocycles. The Morgan fingerprint density at radius 3 is 2.74 bits per heavy atom. The van der Waals surface area contributed by atoms with Gasteiger partial charge in [-0.15, -0.1) is 6.42 Å². The van der Waals surface area contributed by atoms with E-state index in [1.54, 1.807) is 12.1 Å². The van der Waals surface area contributed by atoms with Gasteiger partial charge in [0, 0.05) is 55.5 Å². The van der Waals surface area contributed by atoms with E-state index < -0.39 is 23.3 Å². The molecule has 10 heteroatoms. The number of alkyl halides is 1. The van der Waals surface area contributed by atoms with Gasteiger partial charge in [0.2, 0.25) is 0 Å². The number of terminal acetylenes is 1. The number of nitrogens with one attached hydrogen (secondary N) is 1. The van der Waals surface area contributed by atoms with Crippen molar-refractivity contribution in [3.05, 3.63) is 53.6 Å². The summed E-state index contributed by atoms with van der Waals surface area (Å²) in [7, 11) is 0. The maximum Gasteiger partial charge on any atom is 0.319 e. The van der Waals surface area contributed by atoms with Crippen molar-refractivity contribution in [2.75, 3.05) is 50.8 Å². The fourth-order valence-corrected chi connectivity index (χ4v) is 6.94. The normalized spacial score (nSPS) is 22.5. The molecule has 7 rings (SSSR count). The molecule has 4 heterocycles. The van der Waals surface area contributed by atoms with Gasteiger partial charge in [-0.25, -0.2) is 13.2 Å². The minimum absolute atomic E-state index is 0.0154. The van der Waals surface area contributed by atoms with Crippen LogP contribution in [0.5, 0.6) is 11.8 Å². The van der Waals surface area contributed by atoms with Crippen LogP contribution in [0.4, 0.5) is 19.0 Å². The smallest absolute Gasteiger partial charge is 0.319 e. The van der Waals surface area contributed by atoms with Crippen molar-refractivity contribution < 1.29 is 23.0 Å². The molecule has 0 aliphatic carbocycles. The Labute approximate surface area is 241 Å². The van der Waals surface area contributed by atoms with E-state index in [0.717, 1.165) is 32.5 Å². The van der Waals surface area contributed by atoms with Crippen molar-refractivity contribution in [1.82, 2.24) is 20.2 Å². The summed E-state index contributed by atoms with van der Waals surface area (Å²) >= 11 is 0. The zero-order valence-corrected chi connectivity index (χ0v) is 23.0. The molecule has 2 N–H and O–H groups in total. The fraction of sp³-hybridized carbons (Fsp3) is 0.375. The number of fused-ring (bicyclic) bond motifs is 3. The molecule has 3 fully saturated rings. The number of rotatable bonds is 5. The number of phenolic OH excluding ortho intramolecular Hbond substituents is 1. The van der Waals surface area contributed by atoms with Gasteiger partial charge in [-0.1, -0.05) is 18.1 Å². The van der Waals surface area contributed by atoms with E-state index in [1.807, 2.05) is 0 Å². The number of hydrogen-bond donors (Lipinski definition) is 2. The number of ether oxygens (including phenoxy) is 1. The molecular formula is C32H30F3N5O2. The Morgan fingerprint density at radius 2 is 1.93 bits per heavy atom. The molecule has 0 radical (unpaired) electrons. The molecule has 1 unspecified atom stereocenters. The monoisotopic (exact) mass is 573 g/mol. The summed E-state index contributed by atoms with van der Waals surface area (Å²) in [5, 5.41) is 15.1. The summed E-state index contributed by atoms with van der Waals surface area (Å²) < 4.78 is 51.9. The summed E-state index contributed by atoms with van der Waals surface area (Å²) in [5.74, 6) is 1.55. The topological polar surface area (TPSA) is 73.8 Å². The number of hydrogen-bond acceptors (Lipinski definition) is 7. The molecule has 3 aromatic carbocycles. The van der Waals surface area contributed by atoms with Crippen molar-refractivity contribution in [2.45, 2.75) is 31.0 Å². The van der Waals surface area contributed by atoms with E-state index in [4.69, 9.17) is 16.1 Å². The third-order valence-corrected chi connectivity index (χ3v) is 8.90. The Bertz CT molecular complexity index is 1750. The van der Waals surface area contributed by atoms with Gasteiger partial charge in [0.25, 0.3) is 0 Å². The minimum atomic E-state index is -0.905. The second-order valence-corrected chi connectivity index (χ2v) is 11.4. The van der Waals surface area contributed by atoms with Gasteiger partial charge in [0.1, 0.15) is 35.7 Å². The zero-order chi connectivity index (χ0) is 29.0. The number of aromatic nitrogens is 2. The summed E-state index contributed by atoms with van der Waals surface area (Å²) in [6, 6.07) is 8.92. The second kappa shape index (κ2) is 10.3. The number of anilines is 1. The van der Waals surface area contributed by atoms with Crippen LogP contribution in [0, 0.1) is 24.0 Å². The maximum absolute atomic E-state index is 16.6. The molecule has 0 bridgehead atoms. The lowest BCUT2D eigenvalue weighted by Gasteiger charge is -2.32. The molecule has 0 amide bonds. The largest absolute Gasteiger partial charge is 0.508 e. The van der Waals surface area contributed by atoms with Crippen LogP contribution >= 0.6 is 0 Å². The first kappa shape index (κ1) is 26.8. The van der Waals surface area contributed by atoms with Gasteiger partial charge in [-0.2, -0.15) is 9.97 Å². The number of piperazine rings is 1. The quantitative estimate of drug-likeness (QED) is 0.333. The summed E-state index contributed by atoms with van der Waals surface area (Å²) in [6.07, 6.45) is 6.94. The standard InChI is InChI=1S/C32H30F3N5O2/c1-2-22-26(34)7-4-19-14-21(41)15-25(27(19)22)23-5-6-24-29(28(23)35)37-31(38-30(24)39-12-9-36-10-13-39)42-18-32-8-3-11-40(32)17-20(33)16-32/h1,4-7,14-15,20,36,41H,3,8-13,16-18H2/t20?,32-/m0/s1. The molecule has 3 saturated heterocycles. The van der Waals surface area contributed by atoms with Crippen molar-refractivity contribution in [2.24, 2.45) is 0 Å². The number of aromatic hydroxyl groups is 1. The SMILES string of the molecule is C#Cc1c(F)ccc2cc(O)cc(-c3ccc4c(N5CCNCC5)nc(OC[C@@]56CCCN5CC(F)C6)nc4c3F)c12. The maximum atomic E-state index is 16.6. The van der Waals surface area contributed by atoms with Gasteiger partial charge in [-0.05, 0) is 54.6 Å². The highest BCUT2D eigenvalue weighted by atomic mass is 19.1. The first-order valence-electron chi connectivity index (χ1n) is 14.3. The van der Waals surface area contributed by atoms with Crippen LogP contribution in [0.1, 0.15) is 24.8 Å².